The molecule has 0 radical (unpaired) electrons. The van der Waals surface area contributed by atoms with Crippen LogP contribution in [0, 0.1) is 0 Å². The highest BCUT2D eigenvalue weighted by atomic mass is 35.5. The van der Waals surface area contributed by atoms with Crippen molar-refractivity contribution in [2.75, 3.05) is 44.7 Å². The zero-order valence-corrected chi connectivity index (χ0v) is 12.8. The minimum absolute atomic E-state index is 0.171. The Balaban J connectivity index is 1.86. The van der Waals surface area contributed by atoms with Gasteiger partial charge in [-0.05, 0) is 6.07 Å². The normalized spacial score (nSPS) is 16.2. The van der Waals surface area contributed by atoms with Gasteiger partial charge in [0.15, 0.2) is 0 Å². The summed E-state index contributed by atoms with van der Waals surface area (Å²) in [6.07, 6.45) is 2.03. The molecule has 1 aliphatic rings. The molecule has 0 saturated carbocycles. The first-order valence-corrected chi connectivity index (χ1v) is 7.21. The topological polar surface area (TPSA) is 45.7 Å². The second kappa shape index (κ2) is 7.11. The summed E-state index contributed by atoms with van der Waals surface area (Å²) in [4.78, 5) is 19.8. The van der Waals surface area contributed by atoms with Gasteiger partial charge in [0.05, 0.1) is 23.6 Å². The van der Waals surface area contributed by atoms with Crippen LogP contribution in [0.4, 0.5) is 5.82 Å². The van der Waals surface area contributed by atoms with Crippen LogP contribution in [0.25, 0.3) is 0 Å². The highest BCUT2D eigenvalue weighted by Gasteiger charge is 2.20. The monoisotopic (exact) mass is 317 g/mol. The van der Waals surface area contributed by atoms with E-state index in [-0.39, 0.29) is 5.97 Å². The first-order chi connectivity index (χ1) is 9.60. The number of ether oxygens (including phenoxy) is 1. The first kappa shape index (κ1) is 15.4. The van der Waals surface area contributed by atoms with E-state index in [0.29, 0.717) is 16.5 Å². The number of halogens is 2. The van der Waals surface area contributed by atoms with Gasteiger partial charge in [-0.3, -0.25) is 9.69 Å². The van der Waals surface area contributed by atoms with Crippen LogP contribution < -0.4 is 4.90 Å². The molecule has 0 amide bonds. The fraction of sp³-hybridized carbons (Fsp3) is 0.538. The molecule has 1 aromatic rings. The van der Waals surface area contributed by atoms with Crippen LogP contribution >= 0.6 is 23.2 Å². The van der Waals surface area contributed by atoms with E-state index in [2.05, 4.69) is 19.5 Å². The number of hydrogen-bond acceptors (Lipinski definition) is 5. The lowest BCUT2D eigenvalue weighted by Gasteiger charge is -2.35. The third-order valence-electron chi connectivity index (χ3n) is 3.32. The molecule has 0 aliphatic carbocycles. The second-order valence-electron chi connectivity index (χ2n) is 4.61. The van der Waals surface area contributed by atoms with E-state index >= 15 is 0 Å². The second-order valence-corrected chi connectivity index (χ2v) is 5.46. The lowest BCUT2D eigenvalue weighted by atomic mass is 10.3. The molecule has 0 spiro atoms. The Kier molecular flexibility index (Phi) is 5.46. The fourth-order valence-electron chi connectivity index (χ4n) is 2.17. The Bertz CT molecular complexity index is 477. The summed E-state index contributed by atoms with van der Waals surface area (Å²) >= 11 is 12.0. The van der Waals surface area contributed by atoms with E-state index in [4.69, 9.17) is 23.2 Å². The van der Waals surface area contributed by atoms with Gasteiger partial charge in [-0.1, -0.05) is 23.2 Å². The van der Waals surface area contributed by atoms with E-state index < -0.39 is 0 Å². The highest BCUT2D eigenvalue weighted by molar-refractivity contribution is 6.36. The Labute approximate surface area is 128 Å². The summed E-state index contributed by atoms with van der Waals surface area (Å²) in [7, 11) is 1.41. The van der Waals surface area contributed by atoms with Crippen LogP contribution in [0.2, 0.25) is 10.0 Å². The van der Waals surface area contributed by atoms with Gasteiger partial charge in [0.1, 0.15) is 5.82 Å². The summed E-state index contributed by atoms with van der Waals surface area (Å²) in [5, 5.41) is 1.11. The maximum Gasteiger partial charge on any atom is 0.306 e. The van der Waals surface area contributed by atoms with Crippen LogP contribution in [0.5, 0.6) is 0 Å². The Morgan fingerprint density at radius 3 is 2.65 bits per heavy atom. The molecule has 0 aromatic carbocycles. The number of nitrogens with zero attached hydrogens (tertiary/aromatic N) is 3. The lowest BCUT2D eigenvalue weighted by molar-refractivity contribution is -0.141. The highest BCUT2D eigenvalue weighted by Crippen LogP contribution is 2.26. The molecule has 0 atom stereocenters. The van der Waals surface area contributed by atoms with Crippen molar-refractivity contribution in [3.63, 3.8) is 0 Å². The van der Waals surface area contributed by atoms with Crippen molar-refractivity contribution < 1.29 is 9.53 Å². The minimum Gasteiger partial charge on any atom is -0.469 e. The molecule has 2 heterocycles. The average molecular weight is 318 g/mol. The van der Waals surface area contributed by atoms with E-state index in [1.165, 1.54) is 7.11 Å². The van der Waals surface area contributed by atoms with Crippen molar-refractivity contribution >= 4 is 35.0 Å². The maximum atomic E-state index is 11.1. The van der Waals surface area contributed by atoms with E-state index in [1.807, 2.05) is 0 Å². The molecule has 1 saturated heterocycles. The number of pyridine rings is 1. The third-order valence-corrected chi connectivity index (χ3v) is 3.80. The summed E-state index contributed by atoms with van der Waals surface area (Å²) in [6, 6.07) is 1.70. The lowest BCUT2D eigenvalue weighted by Crippen LogP contribution is -2.47. The summed E-state index contributed by atoms with van der Waals surface area (Å²) < 4.78 is 4.64. The minimum atomic E-state index is -0.171. The number of rotatable bonds is 4. The first-order valence-electron chi connectivity index (χ1n) is 6.45. The van der Waals surface area contributed by atoms with Crippen LogP contribution in [-0.2, 0) is 9.53 Å². The van der Waals surface area contributed by atoms with Crippen LogP contribution in [0.1, 0.15) is 6.42 Å². The molecule has 2 rings (SSSR count). The number of methoxy groups -OCH3 is 1. The Hall–Kier alpha value is -1.04. The number of carbonyl (C=O) groups excluding carboxylic acids is 1. The van der Waals surface area contributed by atoms with E-state index in [0.717, 1.165) is 38.5 Å². The van der Waals surface area contributed by atoms with Crippen molar-refractivity contribution in [2.24, 2.45) is 0 Å². The number of carbonyl (C=O) groups is 1. The summed E-state index contributed by atoms with van der Waals surface area (Å²) in [6.45, 7) is 4.13. The maximum absolute atomic E-state index is 11.1. The molecule has 20 heavy (non-hydrogen) atoms. The molecular weight excluding hydrogens is 301 g/mol. The van der Waals surface area contributed by atoms with Crippen LogP contribution in [0.3, 0.4) is 0 Å². The predicted molar refractivity (Wildman–Crippen MR) is 79.5 cm³/mol. The van der Waals surface area contributed by atoms with Crippen molar-refractivity contribution in [1.82, 2.24) is 9.88 Å². The number of aromatic nitrogens is 1. The molecule has 110 valence electrons. The molecule has 7 heteroatoms. The van der Waals surface area contributed by atoms with E-state index in [9.17, 15) is 4.79 Å². The van der Waals surface area contributed by atoms with Crippen molar-refractivity contribution in [3.05, 3.63) is 22.3 Å². The molecule has 0 N–H and O–H groups in total. The number of anilines is 1. The molecule has 1 fully saturated rings. The van der Waals surface area contributed by atoms with Gasteiger partial charge >= 0.3 is 5.97 Å². The molecule has 1 aromatic heterocycles. The SMILES string of the molecule is COC(=O)CCN1CCN(c2ncc(Cl)cc2Cl)CC1. The molecular formula is C13H17Cl2N3O2. The van der Waals surface area contributed by atoms with Crippen molar-refractivity contribution in [2.45, 2.75) is 6.42 Å². The zero-order valence-electron chi connectivity index (χ0n) is 11.3. The molecule has 0 unspecified atom stereocenters. The number of piperazine rings is 1. The summed E-state index contributed by atoms with van der Waals surface area (Å²) in [5.74, 6) is 0.596. The van der Waals surface area contributed by atoms with Crippen LogP contribution in [-0.4, -0.2) is 55.7 Å². The van der Waals surface area contributed by atoms with Crippen molar-refractivity contribution in [1.29, 1.82) is 0 Å². The van der Waals surface area contributed by atoms with Gasteiger partial charge < -0.3 is 9.64 Å². The zero-order chi connectivity index (χ0) is 14.5. The molecule has 0 bridgehead atoms. The fourth-order valence-corrected chi connectivity index (χ4v) is 2.67. The Morgan fingerprint density at radius 2 is 2.05 bits per heavy atom. The summed E-state index contributed by atoms with van der Waals surface area (Å²) in [5.41, 5.74) is 0. The molecule has 1 aliphatic heterocycles. The standard InChI is InChI=1S/C13H17Cl2N3O2/c1-20-12(19)2-3-17-4-6-18(7-5-17)13-11(15)8-10(14)9-16-13/h8-9H,2-7H2,1H3. The smallest absolute Gasteiger partial charge is 0.306 e. The third kappa shape index (κ3) is 3.98. The Morgan fingerprint density at radius 1 is 1.35 bits per heavy atom. The van der Waals surface area contributed by atoms with Crippen LogP contribution in [0.15, 0.2) is 12.3 Å². The van der Waals surface area contributed by atoms with Gasteiger partial charge in [0.25, 0.3) is 0 Å². The predicted octanol–water partition coefficient (Wildman–Crippen LogP) is 2.07. The van der Waals surface area contributed by atoms with Gasteiger partial charge in [0.2, 0.25) is 0 Å². The number of hydrogen-bond donors (Lipinski definition) is 0. The van der Waals surface area contributed by atoms with Gasteiger partial charge in [-0.25, -0.2) is 4.98 Å². The average Bonchev–Trinajstić information content (AvgIpc) is 2.45. The largest absolute Gasteiger partial charge is 0.469 e. The quantitative estimate of drug-likeness (QED) is 0.796. The van der Waals surface area contributed by atoms with Gasteiger partial charge in [-0.2, -0.15) is 0 Å². The molecule has 5 nitrogen and oxygen atoms in total. The van der Waals surface area contributed by atoms with Gasteiger partial charge in [-0.15, -0.1) is 0 Å². The van der Waals surface area contributed by atoms with E-state index in [1.54, 1.807) is 12.3 Å². The number of esters is 1. The van der Waals surface area contributed by atoms with Crippen molar-refractivity contribution in [3.8, 4) is 0 Å². The van der Waals surface area contributed by atoms with Gasteiger partial charge in [0, 0.05) is 38.9 Å².